The molecule has 1 aromatic heterocycles. The second kappa shape index (κ2) is 4.25. The highest BCUT2D eigenvalue weighted by Crippen LogP contribution is 2.41. The second-order valence-corrected chi connectivity index (χ2v) is 4.27. The molecular formula is C13H14N2O3. The molecule has 1 fully saturated rings. The van der Waals surface area contributed by atoms with E-state index < -0.39 is 0 Å². The van der Waals surface area contributed by atoms with Gasteiger partial charge in [-0.25, -0.2) is 0 Å². The van der Waals surface area contributed by atoms with Crippen molar-refractivity contribution in [1.82, 2.24) is 5.16 Å². The number of rotatable bonds is 4. The van der Waals surface area contributed by atoms with Crippen LogP contribution in [-0.2, 0) is 0 Å². The lowest BCUT2D eigenvalue weighted by Crippen LogP contribution is -2.00. The quantitative estimate of drug-likeness (QED) is 0.897. The fraction of sp³-hybridized carbons (Fsp3) is 0.308. The molecule has 2 N–H and O–H groups in total. The number of benzene rings is 1. The topological polar surface area (TPSA) is 70.5 Å². The predicted molar refractivity (Wildman–Crippen MR) is 66.6 cm³/mol. The van der Waals surface area contributed by atoms with Gasteiger partial charge in [0.2, 0.25) is 0 Å². The van der Waals surface area contributed by atoms with Crippen LogP contribution in [0.25, 0.3) is 11.3 Å². The molecule has 0 atom stereocenters. The van der Waals surface area contributed by atoms with E-state index in [4.69, 9.17) is 19.7 Å². The molecule has 18 heavy (non-hydrogen) atoms. The number of hydrogen-bond donors (Lipinski definition) is 1. The van der Waals surface area contributed by atoms with Gasteiger partial charge in [-0.1, -0.05) is 11.2 Å². The molecule has 1 heterocycles. The minimum Gasteiger partial charge on any atom is -0.493 e. The van der Waals surface area contributed by atoms with Crippen molar-refractivity contribution in [3.63, 3.8) is 0 Å². The van der Waals surface area contributed by atoms with E-state index in [9.17, 15) is 0 Å². The highest BCUT2D eigenvalue weighted by atomic mass is 16.5. The zero-order valence-corrected chi connectivity index (χ0v) is 10.1. The van der Waals surface area contributed by atoms with Crippen LogP contribution in [0.1, 0.15) is 12.8 Å². The Hall–Kier alpha value is -2.17. The maximum Gasteiger partial charge on any atom is 0.172 e. The summed E-state index contributed by atoms with van der Waals surface area (Å²) in [5.74, 6) is 2.32. The van der Waals surface area contributed by atoms with Gasteiger partial charge in [0, 0.05) is 6.07 Å². The summed E-state index contributed by atoms with van der Waals surface area (Å²) in [5, 5.41) is 3.69. The molecule has 0 saturated heterocycles. The molecule has 1 saturated carbocycles. The van der Waals surface area contributed by atoms with Crippen LogP contribution >= 0.6 is 0 Å². The van der Waals surface area contributed by atoms with E-state index in [1.54, 1.807) is 13.2 Å². The maximum atomic E-state index is 5.89. The normalized spacial score (nSPS) is 14.5. The molecule has 0 spiro atoms. The maximum absolute atomic E-state index is 5.89. The molecule has 5 nitrogen and oxygen atoms in total. The Balaban J connectivity index is 2.06. The van der Waals surface area contributed by atoms with Crippen LogP contribution in [0.3, 0.4) is 0 Å². The lowest BCUT2D eigenvalue weighted by molar-refractivity contribution is 0.282. The van der Waals surface area contributed by atoms with Crippen LogP contribution in [0.15, 0.2) is 28.8 Å². The number of nitrogens with two attached hydrogens (primary N) is 1. The van der Waals surface area contributed by atoms with E-state index in [-0.39, 0.29) is 6.10 Å². The molecule has 0 unspecified atom stereocenters. The predicted octanol–water partition coefficient (Wildman–Crippen LogP) is 2.47. The summed E-state index contributed by atoms with van der Waals surface area (Å²) < 4.78 is 16.4. The summed E-state index contributed by atoms with van der Waals surface area (Å²) >= 11 is 0. The molecule has 0 aliphatic heterocycles. The number of anilines is 1. The highest BCUT2D eigenvalue weighted by molar-refractivity contribution is 5.71. The number of methoxy groups -OCH3 is 1. The Kier molecular flexibility index (Phi) is 2.59. The zero-order chi connectivity index (χ0) is 12.5. The molecule has 2 aromatic rings. The van der Waals surface area contributed by atoms with Gasteiger partial charge in [0.25, 0.3) is 0 Å². The van der Waals surface area contributed by atoms with Gasteiger partial charge in [-0.15, -0.1) is 0 Å². The molecular weight excluding hydrogens is 232 g/mol. The van der Waals surface area contributed by atoms with Crippen molar-refractivity contribution in [3.8, 4) is 22.8 Å². The average molecular weight is 246 g/mol. The monoisotopic (exact) mass is 246 g/mol. The average Bonchev–Trinajstić information content (AvgIpc) is 3.09. The molecule has 94 valence electrons. The van der Waals surface area contributed by atoms with Crippen LogP contribution in [0.5, 0.6) is 11.5 Å². The Morgan fingerprint density at radius 1 is 1.39 bits per heavy atom. The number of nitrogen functional groups attached to an aromatic ring is 1. The summed E-state index contributed by atoms with van der Waals surface area (Å²) in [6.07, 6.45) is 2.44. The molecule has 1 aliphatic rings. The Morgan fingerprint density at radius 3 is 2.83 bits per heavy atom. The minimum atomic E-state index is 0.278. The molecule has 0 radical (unpaired) electrons. The van der Waals surface area contributed by atoms with E-state index in [1.807, 2.05) is 18.2 Å². The van der Waals surface area contributed by atoms with Gasteiger partial charge in [-0.05, 0) is 25.0 Å². The van der Waals surface area contributed by atoms with Crippen molar-refractivity contribution in [1.29, 1.82) is 0 Å². The first-order valence-electron chi connectivity index (χ1n) is 5.84. The second-order valence-electron chi connectivity index (χ2n) is 4.27. The van der Waals surface area contributed by atoms with Crippen LogP contribution < -0.4 is 15.2 Å². The summed E-state index contributed by atoms with van der Waals surface area (Å²) in [4.78, 5) is 0. The Labute approximate surface area is 104 Å². The van der Waals surface area contributed by atoms with E-state index in [0.29, 0.717) is 23.1 Å². The lowest BCUT2D eigenvalue weighted by Gasteiger charge is -2.12. The van der Waals surface area contributed by atoms with Crippen LogP contribution in [-0.4, -0.2) is 18.4 Å². The van der Waals surface area contributed by atoms with Gasteiger partial charge in [0.1, 0.15) is 0 Å². The van der Waals surface area contributed by atoms with Crippen molar-refractivity contribution in [2.24, 2.45) is 0 Å². The third kappa shape index (κ3) is 1.99. The first-order valence-corrected chi connectivity index (χ1v) is 5.84. The van der Waals surface area contributed by atoms with Crippen molar-refractivity contribution in [3.05, 3.63) is 24.3 Å². The number of para-hydroxylation sites is 1. The fourth-order valence-corrected chi connectivity index (χ4v) is 1.76. The lowest BCUT2D eigenvalue weighted by atomic mass is 10.1. The molecule has 0 amide bonds. The van der Waals surface area contributed by atoms with Crippen LogP contribution in [0.4, 0.5) is 5.82 Å². The summed E-state index contributed by atoms with van der Waals surface area (Å²) in [6, 6.07) is 7.32. The first kappa shape index (κ1) is 11.0. The third-order valence-electron chi connectivity index (χ3n) is 2.80. The zero-order valence-electron chi connectivity index (χ0n) is 10.1. The molecule has 1 aliphatic carbocycles. The SMILES string of the molecule is COc1cccc(-c2cc(N)no2)c1OC1CC1. The van der Waals surface area contributed by atoms with Crippen molar-refractivity contribution in [2.45, 2.75) is 18.9 Å². The standard InChI is InChI=1S/C13H14N2O3/c1-16-10-4-2-3-9(11-7-12(14)15-18-11)13(10)17-8-5-6-8/h2-4,7-8H,5-6H2,1H3,(H2,14,15). The summed E-state index contributed by atoms with van der Waals surface area (Å²) in [6.45, 7) is 0. The summed E-state index contributed by atoms with van der Waals surface area (Å²) in [7, 11) is 1.62. The number of aromatic nitrogens is 1. The third-order valence-corrected chi connectivity index (χ3v) is 2.80. The van der Waals surface area contributed by atoms with Crippen molar-refractivity contribution >= 4 is 5.82 Å². The number of ether oxygens (including phenoxy) is 2. The number of hydrogen-bond acceptors (Lipinski definition) is 5. The minimum absolute atomic E-state index is 0.278. The smallest absolute Gasteiger partial charge is 0.172 e. The van der Waals surface area contributed by atoms with Crippen molar-refractivity contribution < 1.29 is 14.0 Å². The first-order chi connectivity index (χ1) is 8.78. The summed E-state index contributed by atoms with van der Waals surface area (Å²) in [5.41, 5.74) is 6.38. The van der Waals surface area contributed by atoms with Gasteiger partial charge in [0.15, 0.2) is 23.1 Å². The van der Waals surface area contributed by atoms with E-state index in [2.05, 4.69) is 5.16 Å². The van der Waals surface area contributed by atoms with E-state index >= 15 is 0 Å². The largest absolute Gasteiger partial charge is 0.493 e. The fourth-order valence-electron chi connectivity index (χ4n) is 1.76. The molecule has 1 aromatic carbocycles. The van der Waals surface area contributed by atoms with Gasteiger partial charge in [-0.3, -0.25) is 0 Å². The van der Waals surface area contributed by atoms with Crippen LogP contribution in [0, 0.1) is 0 Å². The molecule has 5 heteroatoms. The number of nitrogens with zero attached hydrogens (tertiary/aromatic N) is 1. The molecule has 3 rings (SSSR count). The Bertz CT molecular complexity index is 561. The van der Waals surface area contributed by atoms with Gasteiger partial charge in [0.05, 0.1) is 18.8 Å². The van der Waals surface area contributed by atoms with E-state index in [1.165, 1.54) is 0 Å². The van der Waals surface area contributed by atoms with Gasteiger partial charge < -0.3 is 19.7 Å². The van der Waals surface area contributed by atoms with Crippen LogP contribution in [0.2, 0.25) is 0 Å². The van der Waals surface area contributed by atoms with E-state index in [0.717, 1.165) is 18.4 Å². The van der Waals surface area contributed by atoms with Gasteiger partial charge >= 0.3 is 0 Å². The van der Waals surface area contributed by atoms with Gasteiger partial charge in [-0.2, -0.15) is 0 Å². The highest BCUT2D eigenvalue weighted by Gasteiger charge is 2.27. The Morgan fingerprint density at radius 2 is 2.22 bits per heavy atom. The van der Waals surface area contributed by atoms with Crippen molar-refractivity contribution in [2.75, 3.05) is 12.8 Å². The molecule has 0 bridgehead atoms.